The number of carbonyl (C=O) groups is 2. The topological polar surface area (TPSA) is 167 Å². The van der Waals surface area contributed by atoms with Crippen LogP contribution in [-0.4, -0.2) is 128 Å². The quantitative estimate of drug-likeness (QED) is 0.500. The van der Waals surface area contributed by atoms with E-state index in [0.29, 0.717) is 75.9 Å². The summed E-state index contributed by atoms with van der Waals surface area (Å²) in [6.07, 6.45) is 0. The van der Waals surface area contributed by atoms with Crippen LogP contribution in [0, 0.1) is 0 Å². The first-order chi connectivity index (χ1) is 21.5. The van der Waals surface area contributed by atoms with Gasteiger partial charge in [-0.3, -0.25) is 0 Å². The Morgan fingerprint density at radius 1 is 0.364 bits per heavy atom. The molecule has 0 fully saturated rings. The van der Waals surface area contributed by atoms with Crippen LogP contribution < -0.4 is 18.9 Å². The number of hydrogen-bond donors (Lipinski definition) is 2. The Labute approximate surface area is 255 Å². The average Bonchev–Trinajstić information content (AvgIpc) is 3.01. The molecule has 14 heteroatoms. The molecule has 0 spiro atoms. The van der Waals surface area contributed by atoms with Gasteiger partial charge in [0.2, 0.25) is 0 Å². The van der Waals surface area contributed by atoms with E-state index in [2.05, 4.69) is 0 Å². The molecule has 1 aliphatic heterocycles. The number of hydrogen-bond acceptors (Lipinski definition) is 12. The van der Waals surface area contributed by atoms with Crippen LogP contribution >= 0.6 is 0 Å². The SMILES string of the molecule is O=C(O)c1cc2cc(c1)OCCOCCOCCOCCOc1cc(cc(C(=O)O)c1)OCCOCCOCCOCCO2. The number of carboxylic acid groups (broad SMARTS) is 2. The Kier molecular flexibility index (Phi) is 16.7. The second kappa shape index (κ2) is 21.1. The second-order valence-corrected chi connectivity index (χ2v) is 9.06. The molecule has 244 valence electrons. The van der Waals surface area contributed by atoms with Crippen LogP contribution in [0.5, 0.6) is 23.0 Å². The lowest BCUT2D eigenvalue weighted by Crippen LogP contribution is -2.15. The molecule has 14 nitrogen and oxygen atoms in total. The highest BCUT2D eigenvalue weighted by atomic mass is 16.6. The second-order valence-electron chi connectivity index (χ2n) is 9.06. The van der Waals surface area contributed by atoms with Gasteiger partial charge < -0.3 is 57.6 Å². The van der Waals surface area contributed by atoms with Gasteiger partial charge in [-0.15, -0.1) is 0 Å². The van der Waals surface area contributed by atoms with Crippen LogP contribution in [0.3, 0.4) is 0 Å². The van der Waals surface area contributed by atoms with Crippen molar-refractivity contribution in [2.24, 2.45) is 0 Å². The van der Waals surface area contributed by atoms with Gasteiger partial charge in [0, 0.05) is 12.1 Å². The first-order valence-corrected chi connectivity index (χ1v) is 14.3. The minimum absolute atomic E-state index is 0.0436. The van der Waals surface area contributed by atoms with Gasteiger partial charge in [0.1, 0.15) is 49.4 Å². The summed E-state index contributed by atoms with van der Waals surface area (Å²) in [5, 5.41) is 18.8. The third-order valence-corrected chi connectivity index (χ3v) is 5.73. The van der Waals surface area contributed by atoms with Crippen LogP contribution in [0.2, 0.25) is 0 Å². The number of benzene rings is 2. The van der Waals surface area contributed by atoms with Crippen LogP contribution in [-0.2, 0) is 28.4 Å². The third kappa shape index (κ3) is 14.7. The summed E-state index contributed by atoms with van der Waals surface area (Å²) in [4.78, 5) is 23.0. The van der Waals surface area contributed by atoms with Gasteiger partial charge in [-0.05, 0) is 24.3 Å². The maximum atomic E-state index is 11.5. The van der Waals surface area contributed by atoms with Crippen molar-refractivity contribution in [3.05, 3.63) is 47.5 Å². The molecule has 2 aromatic rings. The predicted octanol–water partition coefficient (Wildman–Crippen LogP) is 2.41. The van der Waals surface area contributed by atoms with Crippen molar-refractivity contribution in [2.45, 2.75) is 0 Å². The highest BCUT2D eigenvalue weighted by Crippen LogP contribution is 2.24. The van der Waals surface area contributed by atoms with Gasteiger partial charge >= 0.3 is 11.9 Å². The molecule has 0 saturated carbocycles. The fourth-order valence-corrected chi connectivity index (χ4v) is 3.68. The first-order valence-electron chi connectivity index (χ1n) is 14.3. The number of rotatable bonds is 2. The monoisotopic (exact) mass is 624 g/mol. The highest BCUT2D eigenvalue weighted by Gasteiger charge is 2.11. The lowest BCUT2D eigenvalue weighted by molar-refractivity contribution is 0.00432. The molecule has 2 aromatic carbocycles. The van der Waals surface area contributed by atoms with Crippen molar-refractivity contribution in [2.75, 3.05) is 106 Å². The van der Waals surface area contributed by atoms with E-state index in [0.717, 1.165) is 0 Å². The molecule has 0 saturated heterocycles. The minimum Gasteiger partial charge on any atom is -0.491 e. The van der Waals surface area contributed by atoms with Gasteiger partial charge in [0.05, 0.1) is 90.4 Å². The Bertz CT molecular complexity index is 973. The van der Waals surface area contributed by atoms with Crippen molar-refractivity contribution in [1.82, 2.24) is 0 Å². The maximum absolute atomic E-state index is 11.5. The van der Waals surface area contributed by atoms with Crippen molar-refractivity contribution in [3.63, 3.8) is 0 Å². The lowest BCUT2D eigenvalue weighted by Gasteiger charge is -2.13. The van der Waals surface area contributed by atoms with E-state index in [9.17, 15) is 19.8 Å². The molecule has 0 aliphatic carbocycles. The number of carboxylic acids is 2. The Morgan fingerprint density at radius 2 is 0.568 bits per heavy atom. The Balaban J connectivity index is 1.45. The minimum atomic E-state index is -1.10. The van der Waals surface area contributed by atoms with E-state index >= 15 is 0 Å². The molecule has 0 atom stereocenters. The highest BCUT2D eigenvalue weighted by molar-refractivity contribution is 5.89. The molecule has 2 N–H and O–H groups in total. The first kappa shape index (κ1) is 34.8. The van der Waals surface area contributed by atoms with E-state index < -0.39 is 11.9 Å². The molecule has 44 heavy (non-hydrogen) atoms. The van der Waals surface area contributed by atoms with E-state index in [1.807, 2.05) is 0 Å². The molecular formula is C30H40O14. The lowest BCUT2D eigenvalue weighted by atomic mass is 10.2. The zero-order chi connectivity index (χ0) is 31.2. The summed E-state index contributed by atoms with van der Waals surface area (Å²) in [6.45, 7) is 4.77. The van der Waals surface area contributed by atoms with Crippen molar-refractivity contribution in [1.29, 1.82) is 0 Å². The third-order valence-electron chi connectivity index (χ3n) is 5.73. The molecule has 1 heterocycles. The molecule has 3 rings (SSSR count). The smallest absolute Gasteiger partial charge is 0.335 e. The van der Waals surface area contributed by atoms with E-state index in [-0.39, 0.29) is 64.0 Å². The summed E-state index contributed by atoms with van der Waals surface area (Å²) in [6, 6.07) is 8.91. The molecule has 0 aromatic heterocycles. The normalized spacial score (nSPS) is 18.0. The summed E-state index contributed by atoms with van der Waals surface area (Å²) in [5.41, 5.74) is 0.0871. The van der Waals surface area contributed by atoms with Gasteiger partial charge in [-0.2, -0.15) is 0 Å². The molecule has 0 unspecified atom stereocenters. The average molecular weight is 625 g/mol. The number of ether oxygens (including phenoxy) is 10. The van der Waals surface area contributed by atoms with Crippen LogP contribution in [0.15, 0.2) is 36.4 Å². The van der Waals surface area contributed by atoms with Crippen molar-refractivity contribution in [3.8, 4) is 23.0 Å². The largest absolute Gasteiger partial charge is 0.491 e. The molecular weight excluding hydrogens is 584 g/mol. The Morgan fingerprint density at radius 3 is 0.773 bits per heavy atom. The van der Waals surface area contributed by atoms with Crippen LogP contribution in [0.25, 0.3) is 0 Å². The summed E-state index contributed by atoms with van der Waals surface area (Å²) in [7, 11) is 0. The molecule has 4 bridgehead atoms. The zero-order valence-corrected chi connectivity index (χ0v) is 24.6. The van der Waals surface area contributed by atoms with Crippen LogP contribution in [0.4, 0.5) is 0 Å². The van der Waals surface area contributed by atoms with E-state index in [4.69, 9.17) is 47.4 Å². The van der Waals surface area contributed by atoms with E-state index in [1.54, 1.807) is 12.1 Å². The maximum Gasteiger partial charge on any atom is 0.335 e. The summed E-state index contributed by atoms with van der Waals surface area (Å²) >= 11 is 0. The summed E-state index contributed by atoms with van der Waals surface area (Å²) < 4.78 is 55.5. The van der Waals surface area contributed by atoms with Gasteiger partial charge in [-0.25, -0.2) is 9.59 Å². The molecule has 1 aliphatic rings. The fraction of sp³-hybridized carbons (Fsp3) is 0.533. The van der Waals surface area contributed by atoms with Gasteiger partial charge in [0.15, 0.2) is 0 Å². The number of aromatic carboxylic acids is 2. The van der Waals surface area contributed by atoms with E-state index in [1.165, 1.54) is 24.3 Å². The Hall–Kier alpha value is -3.66. The van der Waals surface area contributed by atoms with Crippen molar-refractivity contribution < 1.29 is 67.2 Å². The van der Waals surface area contributed by atoms with Crippen LogP contribution in [0.1, 0.15) is 20.7 Å². The van der Waals surface area contributed by atoms with Gasteiger partial charge in [-0.1, -0.05) is 0 Å². The molecule has 0 radical (unpaired) electrons. The number of fused-ring (bicyclic) bond motifs is 4. The predicted molar refractivity (Wildman–Crippen MR) is 154 cm³/mol. The fourth-order valence-electron chi connectivity index (χ4n) is 3.68. The van der Waals surface area contributed by atoms with Gasteiger partial charge in [0.25, 0.3) is 0 Å². The molecule has 0 amide bonds. The summed E-state index contributed by atoms with van der Waals surface area (Å²) in [5.74, 6) is -0.783. The van der Waals surface area contributed by atoms with Crippen molar-refractivity contribution >= 4 is 11.9 Å². The standard InChI is InChI=1S/C30H40O14/c31-29(32)23-17-25-21-26(18-23)43-15-11-39-7-3-36-4-8-40-12-16-44-28-20-24(30(33)34)19-27(22-28)42-14-10-38-6-2-35-1-5-37-9-13-41-25/h17-22H,1-16H2,(H,31,32)(H,33,34). The zero-order valence-electron chi connectivity index (χ0n) is 24.6.